The summed E-state index contributed by atoms with van der Waals surface area (Å²) in [5.74, 6) is -0.281. The molecule has 5 heteroatoms. The molecule has 18 heavy (non-hydrogen) atoms. The van der Waals surface area contributed by atoms with Gasteiger partial charge in [-0.15, -0.1) is 0 Å². The molecule has 0 amide bonds. The molecule has 1 aliphatic rings. The molecule has 0 N–H and O–H groups in total. The second kappa shape index (κ2) is 5.47. The van der Waals surface area contributed by atoms with Crippen LogP contribution in [-0.4, -0.2) is 25.3 Å². The molecule has 1 aromatic carbocycles. The van der Waals surface area contributed by atoms with Gasteiger partial charge in [-0.2, -0.15) is 0 Å². The first kappa shape index (κ1) is 13.7. The summed E-state index contributed by atoms with van der Waals surface area (Å²) in [7, 11) is 1.38. The molecule has 1 atom stereocenters. The molecule has 0 radical (unpaired) electrons. The van der Waals surface area contributed by atoms with Gasteiger partial charge in [0.2, 0.25) is 0 Å². The maximum absolute atomic E-state index is 11.5. The Morgan fingerprint density at radius 1 is 1.44 bits per heavy atom. The van der Waals surface area contributed by atoms with E-state index in [2.05, 4.69) is 0 Å². The Morgan fingerprint density at radius 2 is 2.17 bits per heavy atom. The Bertz CT molecular complexity index is 456. The van der Waals surface area contributed by atoms with Crippen LogP contribution in [0.1, 0.15) is 18.4 Å². The second-order valence-corrected chi connectivity index (χ2v) is 5.19. The van der Waals surface area contributed by atoms with E-state index in [4.69, 9.17) is 32.7 Å². The van der Waals surface area contributed by atoms with Crippen LogP contribution >= 0.6 is 23.2 Å². The zero-order valence-corrected chi connectivity index (χ0v) is 11.6. The minimum atomic E-state index is -0.690. The van der Waals surface area contributed by atoms with E-state index in [1.807, 2.05) is 12.1 Å². The third-order valence-electron chi connectivity index (χ3n) is 3.08. The fraction of sp³-hybridized carbons (Fsp3) is 0.462. The zero-order valence-electron chi connectivity index (χ0n) is 10.0. The van der Waals surface area contributed by atoms with Crippen molar-refractivity contribution < 1.29 is 14.3 Å². The van der Waals surface area contributed by atoms with Crippen LogP contribution in [0.25, 0.3) is 0 Å². The molecule has 1 aromatic rings. The Labute approximate surface area is 116 Å². The maximum atomic E-state index is 11.5. The average Bonchev–Trinajstić information content (AvgIpc) is 3.14. The smallest absolute Gasteiger partial charge is 0.340 e. The van der Waals surface area contributed by atoms with E-state index < -0.39 is 5.60 Å². The molecular formula is C13H14Cl2O3. The highest BCUT2D eigenvalue weighted by Gasteiger charge is 2.52. The molecule has 0 saturated carbocycles. The molecule has 1 heterocycles. The van der Waals surface area contributed by atoms with Gasteiger partial charge in [0.1, 0.15) is 0 Å². The number of benzene rings is 1. The highest BCUT2D eigenvalue weighted by Crippen LogP contribution is 2.34. The first-order valence-corrected chi connectivity index (χ1v) is 6.49. The molecular weight excluding hydrogens is 275 g/mol. The second-order valence-electron chi connectivity index (χ2n) is 4.38. The summed E-state index contributed by atoms with van der Waals surface area (Å²) in [5.41, 5.74) is 0.412. The van der Waals surface area contributed by atoms with Crippen molar-refractivity contribution in [3.05, 3.63) is 33.8 Å². The number of hydrogen-bond acceptors (Lipinski definition) is 3. The van der Waals surface area contributed by atoms with E-state index in [9.17, 15) is 4.79 Å². The summed E-state index contributed by atoms with van der Waals surface area (Å²) in [6.45, 7) is 0.459. The molecule has 1 aliphatic heterocycles. The van der Waals surface area contributed by atoms with E-state index in [-0.39, 0.29) is 5.97 Å². The van der Waals surface area contributed by atoms with Gasteiger partial charge in [-0.3, -0.25) is 0 Å². The Kier molecular flexibility index (Phi) is 4.15. The van der Waals surface area contributed by atoms with Crippen molar-refractivity contribution in [2.24, 2.45) is 0 Å². The van der Waals surface area contributed by atoms with Gasteiger partial charge < -0.3 is 9.47 Å². The first-order valence-electron chi connectivity index (χ1n) is 5.74. The van der Waals surface area contributed by atoms with Gasteiger partial charge in [0, 0.05) is 0 Å². The molecule has 2 rings (SSSR count). The van der Waals surface area contributed by atoms with Crippen LogP contribution in [0.3, 0.4) is 0 Å². The Balaban J connectivity index is 1.85. The minimum absolute atomic E-state index is 0.281. The van der Waals surface area contributed by atoms with E-state index in [0.717, 1.165) is 18.4 Å². The third kappa shape index (κ3) is 2.97. The molecule has 98 valence electrons. The van der Waals surface area contributed by atoms with Gasteiger partial charge in [-0.1, -0.05) is 29.3 Å². The van der Waals surface area contributed by atoms with Crippen molar-refractivity contribution in [1.82, 2.24) is 0 Å². The molecule has 0 aromatic heterocycles. The summed E-state index contributed by atoms with van der Waals surface area (Å²) >= 11 is 11.8. The molecule has 3 nitrogen and oxygen atoms in total. The summed E-state index contributed by atoms with van der Waals surface area (Å²) in [6.07, 6.45) is 2.34. The number of rotatable bonds is 5. The number of esters is 1. The lowest BCUT2D eigenvalue weighted by Gasteiger charge is -2.09. The lowest BCUT2D eigenvalue weighted by molar-refractivity contribution is -0.147. The summed E-state index contributed by atoms with van der Waals surface area (Å²) in [4.78, 5) is 11.5. The van der Waals surface area contributed by atoms with E-state index >= 15 is 0 Å². The van der Waals surface area contributed by atoms with Gasteiger partial charge in [0.15, 0.2) is 5.60 Å². The molecule has 0 aliphatic carbocycles. The van der Waals surface area contributed by atoms with E-state index in [0.29, 0.717) is 23.1 Å². The van der Waals surface area contributed by atoms with Gasteiger partial charge in [-0.05, 0) is 37.0 Å². The molecule has 1 fully saturated rings. The highest BCUT2D eigenvalue weighted by molar-refractivity contribution is 6.42. The summed E-state index contributed by atoms with van der Waals surface area (Å²) in [6, 6.07) is 5.57. The summed E-state index contributed by atoms with van der Waals surface area (Å²) in [5, 5.41) is 1.11. The number of epoxide rings is 1. The van der Waals surface area contributed by atoms with Crippen LogP contribution in [0.4, 0.5) is 0 Å². The molecule has 0 bridgehead atoms. The van der Waals surface area contributed by atoms with Crippen molar-refractivity contribution in [2.45, 2.75) is 24.9 Å². The zero-order chi connectivity index (χ0) is 13.2. The van der Waals surface area contributed by atoms with Crippen LogP contribution in [0.15, 0.2) is 18.2 Å². The predicted molar refractivity (Wildman–Crippen MR) is 70.1 cm³/mol. The number of halogens is 2. The minimum Gasteiger partial charge on any atom is -0.467 e. The number of carbonyl (C=O) groups is 1. The van der Waals surface area contributed by atoms with Gasteiger partial charge >= 0.3 is 5.97 Å². The third-order valence-corrected chi connectivity index (χ3v) is 3.82. The topological polar surface area (TPSA) is 38.8 Å². The molecule has 0 spiro atoms. The van der Waals surface area contributed by atoms with Crippen LogP contribution in [0.2, 0.25) is 10.0 Å². The Morgan fingerprint density at radius 3 is 2.72 bits per heavy atom. The van der Waals surface area contributed by atoms with Crippen LogP contribution in [0.5, 0.6) is 0 Å². The lowest BCUT2D eigenvalue weighted by Crippen LogP contribution is -2.26. The normalized spacial score (nSPS) is 21.7. The number of ether oxygens (including phenoxy) is 2. The first-order chi connectivity index (χ1) is 8.57. The standard InChI is InChI=1S/C13H14Cl2O3/c1-17-12(16)13(8-18-13)6-2-3-9-4-5-10(14)11(15)7-9/h4-5,7H,2-3,6,8H2,1H3. The predicted octanol–water partition coefficient (Wildman–Crippen LogP) is 3.26. The van der Waals surface area contributed by atoms with Crippen molar-refractivity contribution in [3.63, 3.8) is 0 Å². The maximum Gasteiger partial charge on any atom is 0.340 e. The SMILES string of the molecule is COC(=O)C1(CCCc2ccc(Cl)c(Cl)c2)CO1. The Hall–Kier alpha value is -0.770. The summed E-state index contributed by atoms with van der Waals surface area (Å²) < 4.78 is 9.92. The van der Waals surface area contributed by atoms with Gasteiger partial charge in [0.05, 0.1) is 23.8 Å². The van der Waals surface area contributed by atoms with Gasteiger partial charge in [-0.25, -0.2) is 4.79 Å². The lowest BCUT2D eigenvalue weighted by atomic mass is 10.0. The fourth-order valence-electron chi connectivity index (χ4n) is 1.91. The number of carbonyl (C=O) groups excluding carboxylic acids is 1. The quantitative estimate of drug-likeness (QED) is 0.617. The highest BCUT2D eigenvalue weighted by atomic mass is 35.5. The molecule has 1 unspecified atom stereocenters. The number of aryl methyl sites for hydroxylation is 1. The van der Waals surface area contributed by atoms with Crippen molar-refractivity contribution in [1.29, 1.82) is 0 Å². The van der Waals surface area contributed by atoms with Crippen LogP contribution in [-0.2, 0) is 20.7 Å². The van der Waals surface area contributed by atoms with E-state index in [1.54, 1.807) is 6.07 Å². The fourth-order valence-corrected chi connectivity index (χ4v) is 2.23. The van der Waals surface area contributed by atoms with Crippen molar-refractivity contribution in [2.75, 3.05) is 13.7 Å². The molecule has 1 saturated heterocycles. The van der Waals surface area contributed by atoms with Crippen LogP contribution in [0, 0.1) is 0 Å². The largest absolute Gasteiger partial charge is 0.467 e. The average molecular weight is 289 g/mol. The van der Waals surface area contributed by atoms with E-state index in [1.165, 1.54) is 7.11 Å². The number of methoxy groups -OCH3 is 1. The monoisotopic (exact) mass is 288 g/mol. The van der Waals surface area contributed by atoms with Crippen LogP contribution < -0.4 is 0 Å². The van der Waals surface area contributed by atoms with Crippen molar-refractivity contribution >= 4 is 29.2 Å². The van der Waals surface area contributed by atoms with Gasteiger partial charge in [0.25, 0.3) is 0 Å². The van der Waals surface area contributed by atoms with Crippen molar-refractivity contribution in [3.8, 4) is 0 Å². The number of hydrogen-bond donors (Lipinski definition) is 0.